The van der Waals surface area contributed by atoms with E-state index in [0.717, 1.165) is 48.7 Å². The first-order valence-electron chi connectivity index (χ1n) is 8.50. The molecular weight excluding hydrogens is 395 g/mol. The number of amides is 1. The highest BCUT2D eigenvalue weighted by atomic mass is 19.4. The number of dihydropyridines is 1. The lowest BCUT2D eigenvalue weighted by Crippen LogP contribution is -2.33. The van der Waals surface area contributed by atoms with Crippen molar-refractivity contribution in [1.82, 2.24) is 5.32 Å². The first-order chi connectivity index (χ1) is 13.7. The number of hydrogen-bond donors (Lipinski definition) is 2. The van der Waals surface area contributed by atoms with Gasteiger partial charge >= 0.3 is 6.18 Å². The van der Waals surface area contributed by atoms with Gasteiger partial charge in [0.15, 0.2) is 0 Å². The molecule has 2 aromatic carbocycles. The number of benzene rings is 2. The Kier molecular flexibility index (Phi) is 5.78. The van der Waals surface area contributed by atoms with Crippen LogP contribution in [-0.2, 0) is 11.0 Å². The van der Waals surface area contributed by atoms with Crippen LogP contribution in [0.25, 0.3) is 0 Å². The summed E-state index contributed by atoms with van der Waals surface area (Å²) in [7, 11) is 0. The topological polar surface area (TPSA) is 61.7 Å². The zero-order valence-corrected chi connectivity index (χ0v) is 14.8. The molecule has 152 valence electrons. The van der Waals surface area contributed by atoms with E-state index in [1.54, 1.807) is 0 Å². The molecule has 2 N–H and O–H groups in total. The van der Waals surface area contributed by atoms with Gasteiger partial charge in [0.05, 0.1) is 22.7 Å². The van der Waals surface area contributed by atoms with E-state index >= 15 is 0 Å². The Morgan fingerprint density at radius 2 is 1.72 bits per heavy atom. The molecule has 4 nitrogen and oxygen atoms in total. The van der Waals surface area contributed by atoms with Gasteiger partial charge < -0.3 is 10.4 Å². The second-order valence-electron chi connectivity index (χ2n) is 6.32. The fraction of sp³-hybridized carbons (Fsp3) is 0.200. The molecule has 9 heteroatoms. The largest absolute Gasteiger partial charge is 0.416 e. The molecule has 2 atom stereocenters. The summed E-state index contributed by atoms with van der Waals surface area (Å²) in [6.45, 7) is 0. The molecule has 0 radical (unpaired) electrons. The Bertz CT molecular complexity index is 948. The molecule has 0 saturated heterocycles. The minimum atomic E-state index is -4.58. The fourth-order valence-electron chi connectivity index (χ4n) is 2.85. The number of rotatable bonds is 4. The monoisotopic (exact) mass is 410 g/mol. The number of nitrogens with one attached hydrogen (secondary N) is 1. The Labute approximate surface area is 162 Å². The van der Waals surface area contributed by atoms with Crippen LogP contribution in [0.15, 0.2) is 59.1 Å². The Morgan fingerprint density at radius 3 is 2.24 bits per heavy atom. The Hall–Kier alpha value is -3.07. The number of aliphatic hydroxyl groups is 1. The van der Waals surface area contributed by atoms with E-state index in [4.69, 9.17) is 0 Å². The summed E-state index contributed by atoms with van der Waals surface area (Å²) in [5, 5.41) is 11.8. The first kappa shape index (κ1) is 20.7. The van der Waals surface area contributed by atoms with Gasteiger partial charge in [-0.25, -0.2) is 8.78 Å². The van der Waals surface area contributed by atoms with Crippen molar-refractivity contribution in [2.75, 3.05) is 0 Å². The zero-order valence-electron chi connectivity index (χ0n) is 14.8. The Morgan fingerprint density at radius 1 is 1.10 bits per heavy atom. The van der Waals surface area contributed by atoms with Crippen molar-refractivity contribution in [3.8, 4) is 0 Å². The molecule has 0 saturated carbocycles. The summed E-state index contributed by atoms with van der Waals surface area (Å²) >= 11 is 0. The number of alkyl halides is 3. The van der Waals surface area contributed by atoms with Crippen LogP contribution in [0.5, 0.6) is 0 Å². The Balaban J connectivity index is 1.99. The van der Waals surface area contributed by atoms with Crippen LogP contribution in [0.4, 0.5) is 22.0 Å². The number of aliphatic imine (C=N–C) groups is 1. The molecule has 29 heavy (non-hydrogen) atoms. The SMILES string of the molecule is O=C(NC(c1ccc(C(F)(F)F)cc1)c1c(F)cccc1F)C1=CCC(O)N=C1. The summed E-state index contributed by atoms with van der Waals surface area (Å²) in [6, 6.07) is 5.36. The van der Waals surface area contributed by atoms with Crippen LogP contribution in [0.2, 0.25) is 0 Å². The lowest BCUT2D eigenvalue weighted by molar-refractivity contribution is -0.137. The van der Waals surface area contributed by atoms with Crippen molar-refractivity contribution in [3.05, 3.63) is 82.4 Å². The highest BCUT2D eigenvalue weighted by molar-refractivity contribution is 6.12. The second-order valence-corrected chi connectivity index (χ2v) is 6.32. The van der Waals surface area contributed by atoms with Crippen LogP contribution in [-0.4, -0.2) is 23.5 Å². The van der Waals surface area contributed by atoms with Crippen molar-refractivity contribution < 1.29 is 31.9 Å². The predicted octanol–water partition coefficient (Wildman–Crippen LogP) is 3.91. The van der Waals surface area contributed by atoms with Gasteiger partial charge in [0.2, 0.25) is 0 Å². The molecule has 1 aliphatic heterocycles. The third-order valence-electron chi connectivity index (χ3n) is 4.33. The van der Waals surface area contributed by atoms with E-state index < -0.39 is 47.1 Å². The second kappa shape index (κ2) is 8.12. The van der Waals surface area contributed by atoms with Gasteiger partial charge in [-0.2, -0.15) is 13.2 Å². The van der Waals surface area contributed by atoms with Gasteiger partial charge in [-0.15, -0.1) is 0 Å². The number of nitrogens with zero attached hydrogens (tertiary/aromatic N) is 1. The molecule has 0 aromatic heterocycles. The molecule has 2 aromatic rings. The van der Waals surface area contributed by atoms with Gasteiger partial charge in [0.25, 0.3) is 5.91 Å². The highest BCUT2D eigenvalue weighted by Gasteiger charge is 2.31. The van der Waals surface area contributed by atoms with Gasteiger partial charge in [-0.3, -0.25) is 9.79 Å². The maximum atomic E-state index is 14.4. The minimum Gasteiger partial charge on any atom is -0.371 e. The number of carbonyl (C=O) groups is 1. The average molecular weight is 410 g/mol. The van der Waals surface area contributed by atoms with Crippen LogP contribution < -0.4 is 5.32 Å². The molecule has 0 bridgehead atoms. The van der Waals surface area contributed by atoms with Gasteiger partial charge in [-0.05, 0) is 29.8 Å². The fourth-order valence-corrected chi connectivity index (χ4v) is 2.85. The summed E-state index contributed by atoms with van der Waals surface area (Å²) in [4.78, 5) is 16.2. The molecule has 3 rings (SSSR count). The van der Waals surface area contributed by atoms with Gasteiger partial charge in [0, 0.05) is 12.6 Å². The third kappa shape index (κ3) is 4.68. The molecule has 0 fully saturated rings. The first-order valence-corrected chi connectivity index (χ1v) is 8.50. The zero-order chi connectivity index (χ0) is 21.2. The summed E-state index contributed by atoms with van der Waals surface area (Å²) < 4.78 is 67.2. The molecule has 0 aliphatic carbocycles. The predicted molar refractivity (Wildman–Crippen MR) is 95.0 cm³/mol. The standard InChI is InChI=1S/C20H15F5N2O2/c21-14-2-1-3-15(22)17(14)18(11-4-7-13(8-5-11)20(23,24)25)27-19(29)12-6-9-16(28)26-10-12/h1-8,10,16,18,28H,9H2,(H,27,29). The molecule has 1 amide bonds. The minimum absolute atomic E-state index is 0.0590. The summed E-state index contributed by atoms with van der Waals surface area (Å²) in [6.07, 6.45) is -2.97. The maximum Gasteiger partial charge on any atom is 0.416 e. The average Bonchev–Trinajstić information content (AvgIpc) is 2.67. The van der Waals surface area contributed by atoms with E-state index in [1.807, 2.05) is 0 Å². The van der Waals surface area contributed by atoms with Crippen molar-refractivity contribution in [2.45, 2.75) is 24.9 Å². The van der Waals surface area contributed by atoms with Crippen molar-refractivity contribution >= 4 is 12.1 Å². The van der Waals surface area contributed by atoms with E-state index in [2.05, 4.69) is 10.3 Å². The number of aliphatic hydroxyl groups excluding tert-OH is 1. The molecule has 1 heterocycles. The molecule has 1 aliphatic rings. The number of hydrogen-bond acceptors (Lipinski definition) is 3. The van der Waals surface area contributed by atoms with E-state index in [0.29, 0.717) is 0 Å². The van der Waals surface area contributed by atoms with Gasteiger partial charge in [-0.1, -0.05) is 24.3 Å². The van der Waals surface area contributed by atoms with Crippen molar-refractivity contribution in [1.29, 1.82) is 0 Å². The maximum absolute atomic E-state index is 14.4. The van der Waals surface area contributed by atoms with Crippen LogP contribution in [0, 0.1) is 11.6 Å². The molecular formula is C20H15F5N2O2. The molecule has 0 spiro atoms. The third-order valence-corrected chi connectivity index (χ3v) is 4.33. The quantitative estimate of drug-likeness (QED) is 0.751. The summed E-state index contributed by atoms with van der Waals surface area (Å²) in [5.74, 6) is -2.66. The smallest absolute Gasteiger partial charge is 0.371 e. The summed E-state index contributed by atoms with van der Waals surface area (Å²) in [5.41, 5.74) is -1.32. The van der Waals surface area contributed by atoms with E-state index in [1.165, 1.54) is 6.08 Å². The van der Waals surface area contributed by atoms with Crippen molar-refractivity contribution in [2.24, 2.45) is 4.99 Å². The molecule has 2 unspecified atom stereocenters. The highest BCUT2D eigenvalue weighted by Crippen LogP contribution is 2.32. The number of halogens is 5. The van der Waals surface area contributed by atoms with E-state index in [-0.39, 0.29) is 17.6 Å². The van der Waals surface area contributed by atoms with Crippen LogP contribution in [0.3, 0.4) is 0 Å². The van der Waals surface area contributed by atoms with Crippen LogP contribution in [0.1, 0.15) is 29.2 Å². The normalized spacial score (nSPS) is 17.6. The number of carbonyl (C=O) groups excluding carboxylic acids is 1. The lowest BCUT2D eigenvalue weighted by atomic mass is 9.96. The van der Waals surface area contributed by atoms with Crippen LogP contribution >= 0.6 is 0 Å². The van der Waals surface area contributed by atoms with Gasteiger partial charge in [0.1, 0.15) is 17.9 Å². The van der Waals surface area contributed by atoms with Crippen molar-refractivity contribution in [3.63, 3.8) is 0 Å². The lowest BCUT2D eigenvalue weighted by Gasteiger charge is -2.22. The van der Waals surface area contributed by atoms with E-state index in [9.17, 15) is 31.9 Å².